The molecule has 1 unspecified atom stereocenters. The normalized spacial score (nSPS) is 26.3. The van der Waals surface area contributed by atoms with Gasteiger partial charge in [-0.1, -0.05) is 6.07 Å². The average Bonchev–Trinajstić information content (AvgIpc) is 3.18. The molecular weight excluding hydrogens is 250 g/mol. The van der Waals surface area contributed by atoms with Crippen LogP contribution in [0.5, 0.6) is 0 Å². The van der Waals surface area contributed by atoms with Crippen LogP contribution in [0.1, 0.15) is 24.8 Å². The second-order valence-corrected chi connectivity index (χ2v) is 6.49. The number of aromatic nitrogens is 1. The lowest BCUT2D eigenvalue weighted by molar-refractivity contribution is 0.116. The molecule has 1 N–H and O–H groups in total. The van der Waals surface area contributed by atoms with Gasteiger partial charge in [0.05, 0.1) is 6.61 Å². The maximum atomic E-state index is 5.69. The first kappa shape index (κ1) is 14.0. The highest BCUT2D eigenvalue weighted by atomic mass is 16.5. The van der Waals surface area contributed by atoms with Crippen LogP contribution >= 0.6 is 0 Å². The van der Waals surface area contributed by atoms with Crippen molar-refractivity contribution in [1.29, 1.82) is 0 Å². The average molecular weight is 275 g/mol. The van der Waals surface area contributed by atoms with E-state index in [1.54, 1.807) is 0 Å². The summed E-state index contributed by atoms with van der Waals surface area (Å²) in [4.78, 5) is 6.59. The van der Waals surface area contributed by atoms with Crippen LogP contribution in [-0.4, -0.2) is 49.3 Å². The molecule has 110 valence electrons. The maximum absolute atomic E-state index is 5.69. The van der Waals surface area contributed by atoms with Gasteiger partial charge < -0.3 is 15.0 Å². The standard InChI is InChI=1S/C16H25N3O/c1-19(10-14-3-2-7-17-9-14)12-16(6-8-20-13-16)11-18-15-4-5-15/h2-3,7,9,15,18H,4-6,8,10-13H2,1H3. The summed E-state index contributed by atoms with van der Waals surface area (Å²) in [6.07, 6.45) is 7.65. The minimum atomic E-state index is 0.291. The summed E-state index contributed by atoms with van der Waals surface area (Å²) in [6.45, 7) is 4.94. The molecule has 3 rings (SSSR count). The Hall–Kier alpha value is -0.970. The van der Waals surface area contributed by atoms with Crippen molar-refractivity contribution in [3.05, 3.63) is 30.1 Å². The SMILES string of the molecule is CN(Cc1cccnc1)CC1(CNC2CC2)CCOC1. The monoisotopic (exact) mass is 275 g/mol. The van der Waals surface area contributed by atoms with E-state index >= 15 is 0 Å². The van der Waals surface area contributed by atoms with Crippen molar-refractivity contribution in [3.8, 4) is 0 Å². The Morgan fingerprint density at radius 2 is 2.40 bits per heavy atom. The van der Waals surface area contributed by atoms with Crippen LogP contribution in [0.25, 0.3) is 0 Å². The van der Waals surface area contributed by atoms with Crippen LogP contribution in [0.4, 0.5) is 0 Å². The number of hydrogen-bond donors (Lipinski definition) is 1. The van der Waals surface area contributed by atoms with Crippen molar-refractivity contribution in [2.45, 2.75) is 31.8 Å². The molecule has 1 atom stereocenters. The van der Waals surface area contributed by atoms with E-state index in [2.05, 4.69) is 28.3 Å². The molecule has 1 aromatic rings. The highest BCUT2D eigenvalue weighted by Gasteiger charge is 2.37. The lowest BCUT2D eigenvalue weighted by Gasteiger charge is -2.32. The number of rotatable bonds is 7. The lowest BCUT2D eigenvalue weighted by atomic mass is 9.86. The van der Waals surface area contributed by atoms with Crippen molar-refractivity contribution in [2.24, 2.45) is 5.41 Å². The van der Waals surface area contributed by atoms with Crippen LogP contribution in [0.3, 0.4) is 0 Å². The Bertz CT molecular complexity index is 413. The number of nitrogens with one attached hydrogen (secondary N) is 1. The predicted molar refractivity (Wildman–Crippen MR) is 79.5 cm³/mol. The zero-order valence-corrected chi connectivity index (χ0v) is 12.3. The van der Waals surface area contributed by atoms with Crippen molar-refractivity contribution in [3.63, 3.8) is 0 Å². The van der Waals surface area contributed by atoms with Gasteiger partial charge in [0.15, 0.2) is 0 Å². The summed E-state index contributed by atoms with van der Waals surface area (Å²) in [7, 11) is 2.20. The fourth-order valence-electron chi connectivity index (χ4n) is 3.05. The Morgan fingerprint density at radius 3 is 3.05 bits per heavy atom. The number of ether oxygens (including phenoxy) is 1. The van der Waals surface area contributed by atoms with Gasteiger partial charge in [-0.25, -0.2) is 0 Å². The first-order chi connectivity index (χ1) is 9.76. The van der Waals surface area contributed by atoms with E-state index in [9.17, 15) is 0 Å². The molecule has 0 radical (unpaired) electrons. The smallest absolute Gasteiger partial charge is 0.0547 e. The minimum absolute atomic E-state index is 0.291. The summed E-state index contributed by atoms with van der Waals surface area (Å²) < 4.78 is 5.69. The first-order valence-electron chi connectivity index (χ1n) is 7.64. The predicted octanol–water partition coefficient (Wildman–Crippen LogP) is 1.67. The van der Waals surface area contributed by atoms with E-state index in [0.717, 1.165) is 38.9 Å². The Kier molecular flexibility index (Phi) is 4.34. The van der Waals surface area contributed by atoms with Crippen LogP contribution in [0.2, 0.25) is 0 Å². The molecule has 0 spiro atoms. The van der Waals surface area contributed by atoms with E-state index in [0.29, 0.717) is 5.41 Å². The molecule has 4 heteroatoms. The van der Waals surface area contributed by atoms with Gasteiger partial charge in [0, 0.05) is 50.1 Å². The van der Waals surface area contributed by atoms with Crippen LogP contribution < -0.4 is 5.32 Å². The molecule has 20 heavy (non-hydrogen) atoms. The van der Waals surface area contributed by atoms with Crippen LogP contribution in [0, 0.1) is 5.41 Å². The summed E-state index contributed by atoms with van der Waals surface area (Å²) in [5.41, 5.74) is 1.57. The zero-order valence-electron chi connectivity index (χ0n) is 12.3. The molecule has 0 amide bonds. The van der Waals surface area contributed by atoms with Crippen molar-refractivity contribution >= 4 is 0 Å². The Morgan fingerprint density at radius 1 is 1.50 bits per heavy atom. The van der Waals surface area contributed by atoms with Gasteiger partial charge >= 0.3 is 0 Å². The third-order valence-electron chi connectivity index (χ3n) is 4.31. The molecule has 1 saturated carbocycles. The van der Waals surface area contributed by atoms with Crippen LogP contribution in [0.15, 0.2) is 24.5 Å². The van der Waals surface area contributed by atoms with E-state index < -0.39 is 0 Å². The highest BCUT2D eigenvalue weighted by Crippen LogP contribution is 2.31. The molecule has 2 heterocycles. The number of pyridine rings is 1. The second kappa shape index (κ2) is 6.20. The molecule has 4 nitrogen and oxygen atoms in total. The lowest BCUT2D eigenvalue weighted by Crippen LogP contribution is -2.44. The molecular formula is C16H25N3O. The number of nitrogens with zero attached hydrogens (tertiary/aromatic N) is 2. The first-order valence-corrected chi connectivity index (χ1v) is 7.64. The van der Waals surface area contributed by atoms with Gasteiger partial charge in [0.25, 0.3) is 0 Å². The molecule has 1 aromatic heterocycles. The summed E-state index contributed by atoms with van der Waals surface area (Å²) in [6, 6.07) is 4.92. The third-order valence-corrected chi connectivity index (χ3v) is 4.31. The largest absolute Gasteiger partial charge is 0.381 e. The maximum Gasteiger partial charge on any atom is 0.0547 e. The summed E-state index contributed by atoms with van der Waals surface area (Å²) in [5, 5.41) is 3.69. The molecule has 1 aliphatic heterocycles. The summed E-state index contributed by atoms with van der Waals surface area (Å²) >= 11 is 0. The summed E-state index contributed by atoms with van der Waals surface area (Å²) in [5.74, 6) is 0. The Balaban J connectivity index is 1.54. The molecule has 2 fully saturated rings. The van der Waals surface area contributed by atoms with E-state index in [-0.39, 0.29) is 0 Å². The molecule has 0 bridgehead atoms. The topological polar surface area (TPSA) is 37.4 Å². The molecule has 1 aliphatic carbocycles. The fraction of sp³-hybridized carbons (Fsp3) is 0.688. The van der Waals surface area contributed by atoms with Gasteiger partial charge in [-0.05, 0) is 37.9 Å². The molecule has 0 aromatic carbocycles. The third kappa shape index (κ3) is 3.78. The van der Waals surface area contributed by atoms with Crippen molar-refractivity contribution < 1.29 is 4.74 Å². The molecule has 2 aliphatic rings. The van der Waals surface area contributed by atoms with Gasteiger partial charge in [-0.15, -0.1) is 0 Å². The highest BCUT2D eigenvalue weighted by molar-refractivity contribution is 5.08. The van der Waals surface area contributed by atoms with E-state index in [1.165, 1.54) is 24.8 Å². The number of hydrogen-bond acceptors (Lipinski definition) is 4. The fourth-order valence-corrected chi connectivity index (χ4v) is 3.05. The molecule has 1 saturated heterocycles. The van der Waals surface area contributed by atoms with E-state index in [4.69, 9.17) is 4.74 Å². The van der Waals surface area contributed by atoms with Gasteiger partial charge in [-0.2, -0.15) is 0 Å². The van der Waals surface area contributed by atoms with Crippen LogP contribution in [-0.2, 0) is 11.3 Å². The van der Waals surface area contributed by atoms with Crippen molar-refractivity contribution in [1.82, 2.24) is 15.2 Å². The quantitative estimate of drug-likeness (QED) is 0.821. The van der Waals surface area contributed by atoms with Crippen molar-refractivity contribution in [2.75, 3.05) is 33.4 Å². The van der Waals surface area contributed by atoms with Gasteiger partial charge in [0.1, 0.15) is 0 Å². The zero-order chi connectivity index (χ0) is 13.8. The van der Waals surface area contributed by atoms with Gasteiger partial charge in [-0.3, -0.25) is 4.98 Å². The second-order valence-electron chi connectivity index (χ2n) is 6.49. The Labute approximate surface area is 121 Å². The minimum Gasteiger partial charge on any atom is -0.381 e. The van der Waals surface area contributed by atoms with Gasteiger partial charge in [0.2, 0.25) is 0 Å². The van der Waals surface area contributed by atoms with E-state index in [1.807, 2.05) is 18.5 Å².